The molecule has 0 fully saturated rings. The highest BCUT2D eigenvalue weighted by atomic mass is 35.5. The summed E-state index contributed by atoms with van der Waals surface area (Å²) in [6.45, 7) is 0. The summed E-state index contributed by atoms with van der Waals surface area (Å²) < 4.78 is 11.9. The molecule has 3 heterocycles. The van der Waals surface area contributed by atoms with Crippen molar-refractivity contribution in [2.45, 2.75) is 12.2 Å². The number of hydrogen-bond donors (Lipinski definition) is 0. The number of rotatable bonds is 0. The van der Waals surface area contributed by atoms with Crippen molar-refractivity contribution in [2.75, 3.05) is 0 Å². The van der Waals surface area contributed by atoms with Gasteiger partial charge < -0.3 is 9.15 Å². The predicted octanol–water partition coefficient (Wildman–Crippen LogP) is 4.92. The fourth-order valence-corrected chi connectivity index (χ4v) is 3.52. The molecule has 3 aromatic rings. The summed E-state index contributed by atoms with van der Waals surface area (Å²) in [5.74, 6) is 0. The Kier molecular flexibility index (Phi) is 1.70. The Bertz CT molecular complexity index is 875. The third kappa shape index (κ3) is 1.12. The summed E-state index contributed by atoms with van der Waals surface area (Å²) in [7, 11) is 0. The minimum atomic E-state index is 0.0142. The predicted molar refractivity (Wildman–Crippen MR) is 74.4 cm³/mol. The van der Waals surface area contributed by atoms with Crippen molar-refractivity contribution in [3.63, 3.8) is 0 Å². The standard InChI is InChI=1S/C16H9ClO2/c17-10-7-9-12-5-6-13(18-12)15(9)16-14(10)8-3-1-2-4-11(8)19-16/h1-7,12-13H. The topological polar surface area (TPSA) is 22.4 Å². The molecule has 1 aromatic heterocycles. The molecular formula is C16H9ClO2. The second kappa shape index (κ2) is 3.21. The van der Waals surface area contributed by atoms with E-state index in [1.54, 1.807) is 0 Å². The Morgan fingerprint density at radius 2 is 1.89 bits per heavy atom. The molecule has 2 aliphatic heterocycles. The van der Waals surface area contributed by atoms with Crippen molar-refractivity contribution in [3.8, 4) is 0 Å². The number of furan rings is 1. The molecular weight excluding hydrogens is 260 g/mol. The van der Waals surface area contributed by atoms with Gasteiger partial charge >= 0.3 is 0 Å². The van der Waals surface area contributed by atoms with Crippen molar-refractivity contribution >= 4 is 33.5 Å². The number of ether oxygens (including phenoxy) is 1. The van der Waals surface area contributed by atoms with Crippen LogP contribution in [0.3, 0.4) is 0 Å². The summed E-state index contributed by atoms with van der Waals surface area (Å²) in [5, 5.41) is 2.81. The molecule has 0 spiro atoms. The monoisotopic (exact) mass is 268 g/mol. The van der Waals surface area contributed by atoms with Crippen LogP contribution in [0.4, 0.5) is 0 Å². The summed E-state index contributed by atoms with van der Waals surface area (Å²) >= 11 is 6.46. The number of halogens is 1. The molecule has 0 saturated carbocycles. The first-order valence-corrected chi connectivity index (χ1v) is 6.68. The normalized spacial score (nSPS) is 23.6. The van der Waals surface area contributed by atoms with Gasteiger partial charge in [0.1, 0.15) is 23.4 Å². The van der Waals surface area contributed by atoms with Crippen LogP contribution < -0.4 is 0 Å². The number of fused-ring (bicyclic) bond motifs is 9. The van der Waals surface area contributed by atoms with Crippen LogP contribution in [0.1, 0.15) is 23.3 Å². The van der Waals surface area contributed by atoms with Crippen molar-refractivity contribution in [1.82, 2.24) is 0 Å². The maximum Gasteiger partial charge on any atom is 0.143 e. The first-order chi connectivity index (χ1) is 9.33. The summed E-state index contributed by atoms with van der Waals surface area (Å²) in [6.07, 6.45) is 4.22. The summed E-state index contributed by atoms with van der Waals surface area (Å²) in [5.41, 5.74) is 4.03. The van der Waals surface area contributed by atoms with Crippen LogP contribution in [0, 0.1) is 0 Å². The average Bonchev–Trinajstić information content (AvgIpc) is 3.10. The molecule has 0 aliphatic carbocycles. The third-order valence-corrected chi connectivity index (χ3v) is 4.32. The molecule has 2 bridgehead atoms. The van der Waals surface area contributed by atoms with E-state index >= 15 is 0 Å². The van der Waals surface area contributed by atoms with E-state index in [1.165, 1.54) is 0 Å². The quantitative estimate of drug-likeness (QED) is 0.540. The van der Waals surface area contributed by atoms with Crippen LogP contribution in [0.15, 0.2) is 46.9 Å². The van der Waals surface area contributed by atoms with Crippen molar-refractivity contribution < 1.29 is 9.15 Å². The van der Waals surface area contributed by atoms with Crippen molar-refractivity contribution in [3.05, 3.63) is 58.6 Å². The molecule has 0 radical (unpaired) electrons. The molecule has 2 aromatic carbocycles. The summed E-state index contributed by atoms with van der Waals surface area (Å²) in [4.78, 5) is 0. The number of para-hydroxylation sites is 1. The Morgan fingerprint density at radius 3 is 2.84 bits per heavy atom. The van der Waals surface area contributed by atoms with E-state index in [2.05, 4.69) is 12.2 Å². The van der Waals surface area contributed by atoms with Gasteiger partial charge in [0.15, 0.2) is 0 Å². The maximum atomic E-state index is 6.46. The van der Waals surface area contributed by atoms with Gasteiger partial charge in [-0.2, -0.15) is 0 Å². The van der Waals surface area contributed by atoms with E-state index in [9.17, 15) is 0 Å². The molecule has 3 heteroatoms. The molecule has 2 unspecified atom stereocenters. The smallest absolute Gasteiger partial charge is 0.143 e. The van der Waals surface area contributed by atoms with Gasteiger partial charge in [0.05, 0.1) is 5.02 Å². The van der Waals surface area contributed by atoms with E-state index in [0.717, 1.165) is 38.1 Å². The third-order valence-electron chi connectivity index (χ3n) is 4.02. The van der Waals surface area contributed by atoms with Crippen LogP contribution in [0.2, 0.25) is 5.02 Å². The van der Waals surface area contributed by atoms with Crippen LogP contribution in [-0.2, 0) is 4.74 Å². The minimum Gasteiger partial charge on any atom is -0.456 e. The van der Waals surface area contributed by atoms with E-state index in [0.29, 0.717) is 0 Å². The molecule has 0 amide bonds. The zero-order valence-corrected chi connectivity index (χ0v) is 10.6. The Hall–Kier alpha value is -1.77. The minimum absolute atomic E-state index is 0.0142. The fraction of sp³-hybridized carbons (Fsp3) is 0.125. The Labute approximate surface area is 114 Å². The van der Waals surface area contributed by atoms with E-state index in [-0.39, 0.29) is 12.2 Å². The van der Waals surface area contributed by atoms with Crippen LogP contribution in [0.5, 0.6) is 0 Å². The lowest BCUT2D eigenvalue weighted by Gasteiger charge is -2.08. The summed E-state index contributed by atoms with van der Waals surface area (Å²) in [6, 6.07) is 10.0. The molecule has 2 nitrogen and oxygen atoms in total. The first kappa shape index (κ1) is 10.1. The lowest BCUT2D eigenvalue weighted by Crippen LogP contribution is -1.93. The molecule has 2 aliphatic rings. The second-order valence-corrected chi connectivity index (χ2v) is 5.43. The lowest BCUT2D eigenvalue weighted by molar-refractivity contribution is 0.0880. The molecule has 19 heavy (non-hydrogen) atoms. The van der Waals surface area contributed by atoms with Gasteiger partial charge in [-0.05, 0) is 17.7 Å². The van der Waals surface area contributed by atoms with Gasteiger partial charge in [-0.1, -0.05) is 42.0 Å². The zero-order chi connectivity index (χ0) is 12.6. The highest BCUT2D eigenvalue weighted by Gasteiger charge is 2.37. The number of benzene rings is 2. The Morgan fingerprint density at radius 1 is 1.05 bits per heavy atom. The average molecular weight is 269 g/mol. The molecule has 0 saturated heterocycles. The second-order valence-electron chi connectivity index (χ2n) is 5.03. The Balaban J connectivity index is 2.03. The molecule has 0 N–H and O–H groups in total. The van der Waals surface area contributed by atoms with E-state index in [1.807, 2.05) is 30.3 Å². The van der Waals surface area contributed by atoms with Crippen LogP contribution in [-0.4, -0.2) is 0 Å². The van der Waals surface area contributed by atoms with Gasteiger partial charge in [0, 0.05) is 16.3 Å². The van der Waals surface area contributed by atoms with Crippen molar-refractivity contribution in [1.29, 1.82) is 0 Å². The maximum absolute atomic E-state index is 6.46. The van der Waals surface area contributed by atoms with Gasteiger partial charge in [-0.3, -0.25) is 0 Å². The van der Waals surface area contributed by atoms with Gasteiger partial charge in [0.25, 0.3) is 0 Å². The van der Waals surface area contributed by atoms with Crippen molar-refractivity contribution in [2.24, 2.45) is 0 Å². The van der Waals surface area contributed by atoms with Crippen LogP contribution in [0.25, 0.3) is 21.9 Å². The van der Waals surface area contributed by atoms with E-state index in [4.69, 9.17) is 20.8 Å². The van der Waals surface area contributed by atoms with Gasteiger partial charge in [0.2, 0.25) is 0 Å². The largest absolute Gasteiger partial charge is 0.456 e. The number of hydrogen-bond acceptors (Lipinski definition) is 2. The highest BCUT2D eigenvalue weighted by molar-refractivity contribution is 6.38. The van der Waals surface area contributed by atoms with Gasteiger partial charge in [-0.25, -0.2) is 0 Å². The SMILES string of the molecule is Clc1cc2c(c3oc4ccccc4c13)C1C=CC2O1. The lowest BCUT2D eigenvalue weighted by atomic mass is 9.94. The zero-order valence-electron chi connectivity index (χ0n) is 9.89. The van der Waals surface area contributed by atoms with E-state index < -0.39 is 0 Å². The highest BCUT2D eigenvalue weighted by Crippen LogP contribution is 2.51. The molecule has 5 rings (SSSR count). The fourth-order valence-electron chi connectivity index (χ4n) is 3.21. The van der Waals surface area contributed by atoms with Gasteiger partial charge in [-0.15, -0.1) is 0 Å². The first-order valence-electron chi connectivity index (χ1n) is 6.30. The molecule has 92 valence electrons. The molecule has 2 atom stereocenters. The van der Waals surface area contributed by atoms with Crippen LogP contribution >= 0.6 is 11.6 Å².